The number of piperazine rings is 1. The molecule has 20 heavy (non-hydrogen) atoms. The summed E-state index contributed by atoms with van der Waals surface area (Å²) in [6.45, 7) is 4.85. The molecule has 6 heteroatoms. The molecule has 1 aromatic carbocycles. The Bertz CT molecular complexity index is 453. The molecule has 0 spiro atoms. The van der Waals surface area contributed by atoms with Gasteiger partial charge in [0.05, 0.1) is 5.56 Å². The van der Waals surface area contributed by atoms with E-state index in [2.05, 4.69) is 5.32 Å². The molecule has 1 N–H and O–H groups in total. The van der Waals surface area contributed by atoms with E-state index in [1.54, 1.807) is 0 Å². The van der Waals surface area contributed by atoms with Gasteiger partial charge in [0.2, 0.25) is 0 Å². The molecule has 0 radical (unpaired) electrons. The first-order chi connectivity index (χ1) is 9.45. The summed E-state index contributed by atoms with van der Waals surface area (Å²) < 4.78 is 52.5. The summed E-state index contributed by atoms with van der Waals surface area (Å²) in [5.41, 5.74) is -1.03. The summed E-state index contributed by atoms with van der Waals surface area (Å²) in [6, 6.07) is 3.23. The predicted octanol–water partition coefficient (Wildman–Crippen LogP) is 3.20. The van der Waals surface area contributed by atoms with Gasteiger partial charge in [0.25, 0.3) is 0 Å². The number of halogens is 4. The zero-order valence-electron chi connectivity index (χ0n) is 11.3. The van der Waals surface area contributed by atoms with Crippen LogP contribution in [0.2, 0.25) is 0 Å². The molecular formula is C14H18F4N2. The molecule has 1 aromatic rings. The first-order valence-corrected chi connectivity index (χ1v) is 6.75. The molecule has 1 atom stereocenters. The molecule has 0 bridgehead atoms. The third kappa shape index (κ3) is 3.12. The summed E-state index contributed by atoms with van der Waals surface area (Å²) in [6.07, 6.45) is -4.07. The molecule has 1 aliphatic heterocycles. The van der Waals surface area contributed by atoms with Crippen molar-refractivity contribution in [1.29, 1.82) is 0 Å². The van der Waals surface area contributed by atoms with Crippen molar-refractivity contribution >= 4 is 0 Å². The largest absolute Gasteiger partial charge is 0.419 e. The maximum absolute atomic E-state index is 14.2. The summed E-state index contributed by atoms with van der Waals surface area (Å²) >= 11 is 0. The van der Waals surface area contributed by atoms with Gasteiger partial charge in [-0.3, -0.25) is 4.90 Å². The van der Waals surface area contributed by atoms with Crippen molar-refractivity contribution in [2.75, 3.05) is 26.2 Å². The molecule has 0 saturated carbocycles. The minimum atomic E-state index is -4.65. The van der Waals surface area contributed by atoms with Crippen LogP contribution in [0.25, 0.3) is 0 Å². The van der Waals surface area contributed by atoms with E-state index >= 15 is 0 Å². The van der Waals surface area contributed by atoms with Gasteiger partial charge in [-0.2, -0.15) is 13.2 Å². The minimum Gasteiger partial charge on any atom is -0.314 e. The van der Waals surface area contributed by atoms with Gasteiger partial charge in [-0.1, -0.05) is 19.1 Å². The summed E-state index contributed by atoms with van der Waals surface area (Å²) in [5, 5.41) is 3.18. The van der Waals surface area contributed by atoms with Crippen molar-refractivity contribution in [3.05, 3.63) is 35.1 Å². The van der Waals surface area contributed by atoms with Crippen molar-refractivity contribution in [2.45, 2.75) is 25.6 Å². The van der Waals surface area contributed by atoms with Crippen molar-refractivity contribution in [1.82, 2.24) is 10.2 Å². The molecule has 1 aliphatic rings. The quantitative estimate of drug-likeness (QED) is 0.860. The van der Waals surface area contributed by atoms with Crippen molar-refractivity contribution in [3.63, 3.8) is 0 Å². The topological polar surface area (TPSA) is 15.3 Å². The molecule has 1 saturated heterocycles. The fourth-order valence-corrected chi connectivity index (χ4v) is 2.69. The molecule has 0 aliphatic carbocycles. The highest BCUT2D eigenvalue weighted by molar-refractivity contribution is 5.30. The van der Waals surface area contributed by atoms with E-state index in [0.29, 0.717) is 19.5 Å². The SMILES string of the molecule is CC[C@@H](c1cccc(C(F)(F)F)c1F)N1CCNCC1. The number of nitrogens with one attached hydrogen (secondary N) is 1. The monoisotopic (exact) mass is 290 g/mol. The van der Waals surface area contributed by atoms with E-state index in [9.17, 15) is 17.6 Å². The number of hydrogen-bond acceptors (Lipinski definition) is 2. The second-order valence-electron chi connectivity index (χ2n) is 4.92. The molecular weight excluding hydrogens is 272 g/mol. The van der Waals surface area contributed by atoms with E-state index in [4.69, 9.17) is 0 Å². The van der Waals surface area contributed by atoms with Crippen LogP contribution < -0.4 is 5.32 Å². The van der Waals surface area contributed by atoms with Gasteiger partial charge >= 0.3 is 6.18 Å². The molecule has 2 rings (SSSR count). The van der Waals surface area contributed by atoms with Gasteiger partial charge in [0, 0.05) is 37.8 Å². The lowest BCUT2D eigenvalue weighted by atomic mass is 9.98. The van der Waals surface area contributed by atoms with Crippen molar-refractivity contribution in [2.24, 2.45) is 0 Å². The normalized spacial score (nSPS) is 19.1. The van der Waals surface area contributed by atoms with E-state index < -0.39 is 17.6 Å². The lowest BCUT2D eigenvalue weighted by Crippen LogP contribution is -2.45. The number of benzene rings is 1. The Balaban J connectivity index is 2.34. The minimum absolute atomic E-state index is 0.143. The standard InChI is InChI=1S/C14H18F4N2/c1-2-12(20-8-6-19-7-9-20)10-4-3-5-11(13(10)15)14(16,17)18/h3-5,12,19H,2,6-9H2,1H3/t12-/m0/s1. The van der Waals surface area contributed by atoms with Gasteiger partial charge in [-0.05, 0) is 12.5 Å². The van der Waals surface area contributed by atoms with Crippen LogP contribution in [0.3, 0.4) is 0 Å². The number of hydrogen-bond donors (Lipinski definition) is 1. The summed E-state index contributed by atoms with van der Waals surface area (Å²) in [7, 11) is 0. The lowest BCUT2D eigenvalue weighted by Gasteiger charge is -2.35. The van der Waals surface area contributed by atoms with E-state index in [-0.39, 0.29) is 11.6 Å². The van der Waals surface area contributed by atoms with Crippen LogP contribution in [-0.2, 0) is 6.18 Å². The maximum Gasteiger partial charge on any atom is 0.419 e. The molecule has 0 unspecified atom stereocenters. The van der Waals surface area contributed by atoms with E-state index in [0.717, 1.165) is 19.2 Å². The zero-order valence-corrected chi connectivity index (χ0v) is 11.3. The Morgan fingerprint density at radius 1 is 1.25 bits per heavy atom. The fraction of sp³-hybridized carbons (Fsp3) is 0.571. The predicted molar refractivity (Wildman–Crippen MR) is 68.9 cm³/mol. The summed E-state index contributed by atoms with van der Waals surface area (Å²) in [4.78, 5) is 2.04. The van der Waals surface area contributed by atoms with Crippen LogP contribution in [0.4, 0.5) is 17.6 Å². The van der Waals surface area contributed by atoms with Crippen molar-refractivity contribution < 1.29 is 17.6 Å². The van der Waals surface area contributed by atoms with E-state index in [1.807, 2.05) is 11.8 Å². The van der Waals surface area contributed by atoms with Crippen LogP contribution in [0.5, 0.6) is 0 Å². The molecule has 0 aromatic heterocycles. The Hall–Kier alpha value is -1.14. The molecule has 2 nitrogen and oxygen atoms in total. The molecule has 1 fully saturated rings. The van der Waals surface area contributed by atoms with Gasteiger partial charge in [0.15, 0.2) is 0 Å². The average molecular weight is 290 g/mol. The highest BCUT2D eigenvalue weighted by Crippen LogP contribution is 2.36. The second-order valence-corrected chi connectivity index (χ2v) is 4.92. The smallest absolute Gasteiger partial charge is 0.314 e. The third-order valence-electron chi connectivity index (χ3n) is 3.67. The number of rotatable bonds is 3. The highest BCUT2D eigenvalue weighted by atomic mass is 19.4. The Morgan fingerprint density at radius 2 is 1.90 bits per heavy atom. The Labute approximate surface area is 115 Å². The van der Waals surface area contributed by atoms with Crippen LogP contribution in [-0.4, -0.2) is 31.1 Å². The Kier molecular flexibility index (Phi) is 4.65. The molecule has 112 valence electrons. The fourth-order valence-electron chi connectivity index (χ4n) is 2.69. The number of alkyl halides is 3. The maximum atomic E-state index is 14.2. The van der Waals surface area contributed by atoms with Crippen LogP contribution >= 0.6 is 0 Å². The van der Waals surface area contributed by atoms with Gasteiger partial charge in [0.1, 0.15) is 5.82 Å². The lowest BCUT2D eigenvalue weighted by molar-refractivity contribution is -0.140. The van der Waals surface area contributed by atoms with Crippen LogP contribution in [0.1, 0.15) is 30.5 Å². The van der Waals surface area contributed by atoms with Gasteiger partial charge in [-0.15, -0.1) is 0 Å². The third-order valence-corrected chi connectivity index (χ3v) is 3.67. The van der Waals surface area contributed by atoms with Gasteiger partial charge < -0.3 is 5.32 Å². The second kappa shape index (κ2) is 6.10. The zero-order chi connectivity index (χ0) is 14.8. The van der Waals surface area contributed by atoms with E-state index in [1.165, 1.54) is 12.1 Å². The number of nitrogens with zero attached hydrogens (tertiary/aromatic N) is 1. The first kappa shape index (κ1) is 15.3. The van der Waals surface area contributed by atoms with Crippen LogP contribution in [0, 0.1) is 5.82 Å². The Morgan fingerprint density at radius 3 is 2.45 bits per heavy atom. The average Bonchev–Trinajstić information content (AvgIpc) is 2.41. The molecule has 0 amide bonds. The molecule has 1 heterocycles. The van der Waals surface area contributed by atoms with Gasteiger partial charge in [-0.25, -0.2) is 4.39 Å². The summed E-state index contributed by atoms with van der Waals surface area (Å²) in [5.74, 6) is -1.13. The highest BCUT2D eigenvalue weighted by Gasteiger charge is 2.36. The first-order valence-electron chi connectivity index (χ1n) is 6.75. The van der Waals surface area contributed by atoms with Crippen LogP contribution in [0.15, 0.2) is 18.2 Å². The van der Waals surface area contributed by atoms with Crippen molar-refractivity contribution in [3.8, 4) is 0 Å².